The number of methoxy groups -OCH3 is 1. The molecule has 1 amide bonds. The summed E-state index contributed by atoms with van der Waals surface area (Å²) in [5.41, 5.74) is 2.38. The number of ether oxygens (including phenoxy) is 1. The molecule has 0 atom stereocenters. The third-order valence-electron chi connectivity index (χ3n) is 5.50. The van der Waals surface area contributed by atoms with Crippen LogP contribution in [-0.2, 0) is 11.2 Å². The molecule has 1 N–H and O–H groups in total. The zero-order chi connectivity index (χ0) is 21.9. The highest BCUT2D eigenvalue weighted by atomic mass is 16.5. The van der Waals surface area contributed by atoms with Crippen LogP contribution in [0, 0.1) is 0 Å². The van der Waals surface area contributed by atoms with E-state index in [1.54, 1.807) is 13.2 Å². The lowest BCUT2D eigenvalue weighted by atomic mass is 9.94. The highest BCUT2D eigenvalue weighted by Crippen LogP contribution is 2.28. The Morgan fingerprint density at radius 2 is 2.10 bits per heavy atom. The molecule has 0 radical (unpaired) electrons. The summed E-state index contributed by atoms with van der Waals surface area (Å²) < 4.78 is 5.43. The van der Waals surface area contributed by atoms with E-state index < -0.39 is 0 Å². The number of carbonyl (C=O) groups excluding carboxylic acids is 1. The van der Waals surface area contributed by atoms with Crippen LogP contribution in [0.2, 0.25) is 0 Å². The summed E-state index contributed by atoms with van der Waals surface area (Å²) in [6, 6.07) is 10.4. The van der Waals surface area contributed by atoms with Crippen LogP contribution in [0.15, 0.2) is 53.7 Å². The van der Waals surface area contributed by atoms with E-state index >= 15 is 0 Å². The molecule has 0 saturated heterocycles. The molecule has 0 aliphatic carbocycles. The van der Waals surface area contributed by atoms with Gasteiger partial charge < -0.3 is 15.0 Å². The number of fused-ring (bicyclic) bond motifs is 1. The van der Waals surface area contributed by atoms with Crippen LogP contribution in [0.1, 0.15) is 43.7 Å². The summed E-state index contributed by atoms with van der Waals surface area (Å²) >= 11 is 0. The molecule has 0 aromatic heterocycles. The number of hydrogen-bond donors (Lipinski definition) is 1. The summed E-state index contributed by atoms with van der Waals surface area (Å²) in [5, 5.41) is 5.39. The van der Waals surface area contributed by atoms with Crippen LogP contribution < -0.4 is 10.1 Å². The maximum Gasteiger partial charge on any atom is 0.243 e. The second-order valence-corrected chi connectivity index (χ2v) is 7.80. The van der Waals surface area contributed by atoms with E-state index in [4.69, 9.17) is 4.74 Å². The fourth-order valence-electron chi connectivity index (χ4n) is 3.74. The van der Waals surface area contributed by atoms with Crippen molar-refractivity contribution in [2.45, 2.75) is 39.0 Å². The molecular formula is C26H33N3O2. The maximum absolute atomic E-state index is 12.3. The molecule has 5 nitrogen and oxygen atoms in total. The van der Waals surface area contributed by atoms with Gasteiger partial charge in [0.05, 0.1) is 13.4 Å². The molecule has 2 aromatic rings. The second kappa shape index (κ2) is 11.9. The van der Waals surface area contributed by atoms with Gasteiger partial charge in [0.1, 0.15) is 5.75 Å². The molecule has 2 aromatic carbocycles. The highest BCUT2D eigenvalue weighted by molar-refractivity contribution is 5.94. The number of amides is 1. The maximum atomic E-state index is 12.3. The van der Waals surface area contributed by atoms with Crippen molar-refractivity contribution >= 4 is 29.1 Å². The summed E-state index contributed by atoms with van der Waals surface area (Å²) in [6.07, 6.45) is 14.5. The standard InChI is InChI=1S/C26H33N3O2/c1-3-4-8-24-21(9-10-22-11-13-23(31-2)19-25(22)24)12-14-26(30)28-16-5-6-17-29-18-7-15-27-20-29/h7,9-15,19-20H,3-6,8,16-18H2,1-2H3,(H,28,30)/b14-12+. The largest absolute Gasteiger partial charge is 0.497 e. The molecule has 31 heavy (non-hydrogen) atoms. The van der Waals surface area contributed by atoms with Gasteiger partial charge in [-0.1, -0.05) is 31.5 Å². The summed E-state index contributed by atoms with van der Waals surface area (Å²) in [4.78, 5) is 18.6. The fourth-order valence-corrected chi connectivity index (χ4v) is 3.74. The smallest absolute Gasteiger partial charge is 0.243 e. The van der Waals surface area contributed by atoms with Crippen molar-refractivity contribution in [3.63, 3.8) is 0 Å². The van der Waals surface area contributed by atoms with Crippen molar-refractivity contribution in [2.75, 3.05) is 26.7 Å². The van der Waals surface area contributed by atoms with Gasteiger partial charge in [-0.25, -0.2) is 4.99 Å². The molecular weight excluding hydrogens is 386 g/mol. The minimum atomic E-state index is -0.0466. The van der Waals surface area contributed by atoms with Crippen molar-refractivity contribution in [2.24, 2.45) is 4.99 Å². The number of benzene rings is 2. The number of carbonyl (C=O) groups is 1. The zero-order valence-electron chi connectivity index (χ0n) is 18.6. The van der Waals surface area contributed by atoms with Crippen molar-refractivity contribution in [1.29, 1.82) is 0 Å². The number of hydrogen-bond acceptors (Lipinski definition) is 4. The molecule has 0 saturated carbocycles. The van der Waals surface area contributed by atoms with Crippen LogP contribution in [0.3, 0.4) is 0 Å². The predicted molar refractivity (Wildman–Crippen MR) is 130 cm³/mol. The predicted octanol–water partition coefficient (Wildman–Crippen LogP) is 4.96. The number of nitrogens with zero attached hydrogens (tertiary/aromatic N) is 2. The number of aryl methyl sites for hydroxylation is 1. The van der Waals surface area contributed by atoms with E-state index in [0.717, 1.165) is 56.5 Å². The minimum absolute atomic E-state index is 0.0466. The monoisotopic (exact) mass is 419 g/mol. The molecule has 3 rings (SSSR count). The molecule has 164 valence electrons. The molecule has 0 fully saturated rings. The first kappa shape index (κ1) is 22.6. The second-order valence-electron chi connectivity index (χ2n) is 7.80. The Morgan fingerprint density at radius 1 is 1.23 bits per heavy atom. The van der Waals surface area contributed by atoms with E-state index in [2.05, 4.69) is 46.4 Å². The van der Waals surface area contributed by atoms with E-state index in [1.165, 1.54) is 16.3 Å². The number of unbranched alkanes of at least 4 members (excludes halogenated alkanes) is 2. The first-order valence-corrected chi connectivity index (χ1v) is 11.2. The van der Waals surface area contributed by atoms with Crippen molar-refractivity contribution in [1.82, 2.24) is 10.2 Å². The van der Waals surface area contributed by atoms with Crippen molar-refractivity contribution < 1.29 is 9.53 Å². The van der Waals surface area contributed by atoms with Gasteiger partial charge in [0, 0.05) is 31.9 Å². The van der Waals surface area contributed by atoms with Gasteiger partial charge >= 0.3 is 0 Å². The molecule has 0 spiro atoms. The SMILES string of the molecule is CCCCc1c(/C=C/C(=O)NCCCCN2C=NC=CC2)ccc2ccc(OC)cc12. The normalized spacial score (nSPS) is 13.3. The lowest BCUT2D eigenvalue weighted by Gasteiger charge is -2.18. The van der Waals surface area contributed by atoms with Crippen LogP contribution in [-0.4, -0.2) is 43.9 Å². The summed E-state index contributed by atoms with van der Waals surface area (Å²) in [6.45, 7) is 4.75. The topological polar surface area (TPSA) is 53.9 Å². The quantitative estimate of drug-likeness (QED) is 0.414. The van der Waals surface area contributed by atoms with Gasteiger partial charge in [0.25, 0.3) is 0 Å². The van der Waals surface area contributed by atoms with Crippen LogP contribution in [0.25, 0.3) is 16.8 Å². The Hall–Kier alpha value is -3.08. The Labute approximate surface area is 185 Å². The van der Waals surface area contributed by atoms with Crippen LogP contribution >= 0.6 is 0 Å². The lowest BCUT2D eigenvalue weighted by molar-refractivity contribution is -0.116. The first-order valence-electron chi connectivity index (χ1n) is 11.2. The third-order valence-corrected chi connectivity index (χ3v) is 5.50. The minimum Gasteiger partial charge on any atom is -0.497 e. The van der Waals surface area contributed by atoms with Crippen molar-refractivity contribution in [3.8, 4) is 5.75 Å². The average molecular weight is 420 g/mol. The Balaban J connectivity index is 1.58. The number of nitrogens with one attached hydrogen (secondary N) is 1. The van der Waals surface area contributed by atoms with Gasteiger partial charge in [0.2, 0.25) is 5.91 Å². The lowest BCUT2D eigenvalue weighted by Crippen LogP contribution is -2.26. The molecule has 1 aliphatic rings. The average Bonchev–Trinajstić information content (AvgIpc) is 2.81. The van der Waals surface area contributed by atoms with E-state index in [9.17, 15) is 4.79 Å². The van der Waals surface area contributed by atoms with Crippen molar-refractivity contribution in [3.05, 3.63) is 59.8 Å². The highest BCUT2D eigenvalue weighted by Gasteiger charge is 2.08. The Morgan fingerprint density at radius 3 is 2.87 bits per heavy atom. The Bertz CT molecular complexity index is 963. The first-order chi connectivity index (χ1) is 15.2. The van der Waals surface area contributed by atoms with Crippen LogP contribution in [0.5, 0.6) is 5.75 Å². The van der Waals surface area contributed by atoms with Gasteiger partial charge in [-0.2, -0.15) is 0 Å². The van der Waals surface area contributed by atoms with Crippen LogP contribution in [0.4, 0.5) is 0 Å². The van der Waals surface area contributed by atoms with Gasteiger partial charge in [0.15, 0.2) is 0 Å². The van der Waals surface area contributed by atoms with E-state index in [1.807, 2.05) is 30.8 Å². The molecule has 0 unspecified atom stereocenters. The summed E-state index contributed by atoms with van der Waals surface area (Å²) in [7, 11) is 1.69. The molecule has 5 heteroatoms. The van der Waals surface area contributed by atoms with E-state index in [0.29, 0.717) is 6.54 Å². The zero-order valence-corrected chi connectivity index (χ0v) is 18.6. The fraction of sp³-hybridized carbons (Fsp3) is 0.385. The van der Waals surface area contributed by atoms with Gasteiger partial charge in [-0.3, -0.25) is 4.79 Å². The molecule has 1 heterocycles. The molecule has 0 bridgehead atoms. The number of aliphatic imine (C=N–C) groups is 1. The molecule has 1 aliphatic heterocycles. The van der Waals surface area contributed by atoms with Gasteiger partial charge in [-0.05, 0) is 71.9 Å². The Kier molecular flexibility index (Phi) is 8.71. The summed E-state index contributed by atoms with van der Waals surface area (Å²) in [5.74, 6) is 0.811. The third kappa shape index (κ3) is 6.71. The van der Waals surface area contributed by atoms with E-state index in [-0.39, 0.29) is 5.91 Å². The number of rotatable bonds is 11. The van der Waals surface area contributed by atoms with Gasteiger partial charge in [-0.15, -0.1) is 0 Å².